The van der Waals surface area contributed by atoms with Crippen LogP contribution in [0.4, 0.5) is 5.69 Å². The number of sulfonamides is 1. The van der Waals surface area contributed by atoms with Gasteiger partial charge in [-0.15, -0.1) is 0 Å². The molecule has 0 spiro atoms. The molecule has 1 amide bonds. The smallest absolute Gasteiger partial charge is 0.331 e. The Bertz CT molecular complexity index is 1160. The minimum absolute atomic E-state index is 0.125. The second-order valence-corrected chi connectivity index (χ2v) is 9.95. The van der Waals surface area contributed by atoms with Crippen LogP contribution in [0, 0.1) is 0 Å². The van der Waals surface area contributed by atoms with Gasteiger partial charge < -0.3 is 10.1 Å². The maximum absolute atomic E-state index is 12.8. The first-order valence-corrected chi connectivity index (χ1v) is 12.6. The summed E-state index contributed by atoms with van der Waals surface area (Å²) in [6.07, 6.45) is 6.47. The van der Waals surface area contributed by atoms with E-state index in [0.29, 0.717) is 29.9 Å². The Balaban J connectivity index is 1.51. The van der Waals surface area contributed by atoms with E-state index < -0.39 is 28.5 Å². The van der Waals surface area contributed by atoms with Crippen LogP contribution in [0.15, 0.2) is 59.5 Å². The number of ether oxygens (including phenoxy) is 1. The summed E-state index contributed by atoms with van der Waals surface area (Å²) in [5.41, 5.74) is 1.51. The van der Waals surface area contributed by atoms with Crippen LogP contribution >= 0.6 is 0 Å². The number of Topliss-reactive ketones (excluding diaryl/α,β-unsaturated/α-hetero) is 1. The zero-order chi connectivity index (χ0) is 24.6. The van der Waals surface area contributed by atoms with Gasteiger partial charge in [0, 0.05) is 30.4 Å². The van der Waals surface area contributed by atoms with Gasteiger partial charge in [0.2, 0.25) is 10.0 Å². The van der Waals surface area contributed by atoms with Gasteiger partial charge in [0.25, 0.3) is 5.91 Å². The van der Waals surface area contributed by atoms with E-state index in [9.17, 15) is 22.8 Å². The first-order valence-electron chi connectivity index (χ1n) is 11.1. The minimum atomic E-state index is -3.53. The summed E-state index contributed by atoms with van der Waals surface area (Å²) in [4.78, 5) is 35.6. The average molecular weight is 485 g/mol. The minimum Gasteiger partial charge on any atom is -0.452 e. The van der Waals surface area contributed by atoms with Crippen LogP contribution in [-0.4, -0.2) is 50.1 Å². The molecule has 1 heterocycles. The Morgan fingerprint density at radius 2 is 1.68 bits per heavy atom. The number of anilines is 1. The van der Waals surface area contributed by atoms with Crippen LogP contribution < -0.4 is 5.32 Å². The second-order valence-electron chi connectivity index (χ2n) is 8.01. The van der Waals surface area contributed by atoms with E-state index in [-0.39, 0.29) is 10.7 Å². The third-order valence-electron chi connectivity index (χ3n) is 5.39. The second kappa shape index (κ2) is 11.7. The van der Waals surface area contributed by atoms with Crippen molar-refractivity contribution in [3.05, 3.63) is 65.7 Å². The molecule has 1 saturated heterocycles. The molecule has 1 fully saturated rings. The van der Waals surface area contributed by atoms with Crippen LogP contribution in [0.1, 0.15) is 48.5 Å². The molecule has 1 aliphatic heterocycles. The zero-order valence-corrected chi connectivity index (χ0v) is 19.8. The highest BCUT2D eigenvalue weighted by Crippen LogP contribution is 2.21. The highest BCUT2D eigenvalue weighted by Gasteiger charge is 2.24. The summed E-state index contributed by atoms with van der Waals surface area (Å²) in [6.45, 7) is 2.01. The number of hydrogen-bond donors (Lipinski definition) is 1. The molecule has 0 unspecified atom stereocenters. The third-order valence-corrected chi connectivity index (χ3v) is 7.31. The maximum Gasteiger partial charge on any atom is 0.331 e. The molecule has 3 rings (SSSR count). The van der Waals surface area contributed by atoms with Gasteiger partial charge in [-0.25, -0.2) is 13.2 Å². The van der Waals surface area contributed by atoms with Gasteiger partial charge in [-0.05, 0) is 55.7 Å². The quantitative estimate of drug-likeness (QED) is 0.348. The van der Waals surface area contributed by atoms with E-state index in [1.54, 1.807) is 36.4 Å². The molecule has 0 bridgehead atoms. The van der Waals surface area contributed by atoms with E-state index in [2.05, 4.69) is 5.32 Å². The van der Waals surface area contributed by atoms with E-state index in [1.807, 2.05) is 0 Å². The highest BCUT2D eigenvalue weighted by atomic mass is 32.2. The van der Waals surface area contributed by atoms with Crippen molar-refractivity contribution in [3.8, 4) is 0 Å². The lowest BCUT2D eigenvalue weighted by Crippen LogP contribution is -2.31. The van der Waals surface area contributed by atoms with Gasteiger partial charge in [-0.1, -0.05) is 37.1 Å². The molecular formula is C25H28N2O6S. The van der Waals surface area contributed by atoms with Crippen molar-refractivity contribution in [1.82, 2.24) is 4.31 Å². The molecule has 0 radical (unpaired) electrons. The molecule has 2 aromatic carbocycles. The standard InChI is InChI=1S/C25H28N2O6S/c1-19(28)21-7-6-8-22(17-21)26-24(29)18-33-25(30)14-11-20-9-12-23(13-10-20)34(31,32)27-15-4-2-3-5-16-27/h6-14,17H,2-5,15-16,18H2,1H3,(H,26,29). The van der Waals surface area contributed by atoms with Crippen LogP contribution in [-0.2, 0) is 24.3 Å². The topological polar surface area (TPSA) is 110 Å². The Kier molecular flexibility index (Phi) is 8.72. The lowest BCUT2D eigenvalue weighted by atomic mass is 10.1. The summed E-state index contributed by atoms with van der Waals surface area (Å²) in [5.74, 6) is -1.38. The molecule has 34 heavy (non-hydrogen) atoms. The molecule has 180 valence electrons. The molecular weight excluding hydrogens is 456 g/mol. The number of nitrogens with one attached hydrogen (secondary N) is 1. The molecule has 8 nitrogen and oxygen atoms in total. The summed E-state index contributed by atoms with van der Waals surface area (Å²) in [7, 11) is -3.53. The van der Waals surface area contributed by atoms with Crippen molar-refractivity contribution in [1.29, 1.82) is 0 Å². The number of ketones is 1. The van der Waals surface area contributed by atoms with Gasteiger partial charge in [-0.2, -0.15) is 4.31 Å². The molecule has 0 aromatic heterocycles. The lowest BCUT2D eigenvalue weighted by molar-refractivity contribution is -0.142. The molecule has 0 aliphatic carbocycles. The molecule has 1 aliphatic rings. The van der Waals surface area contributed by atoms with E-state index in [1.165, 1.54) is 35.5 Å². The number of nitrogens with zero attached hydrogens (tertiary/aromatic N) is 1. The van der Waals surface area contributed by atoms with Crippen molar-refractivity contribution in [3.63, 3.8) is 0 Å². The van der Waals surface area contributed by atoms with Crippen molar-refractivity contribution in [2.45, 2.75) is 37.5 Å². The largest absolute Gasteiger partial charge is 0.452 e. The monoisotopic (exact) mass is 484 g/mol. The number of carbonyl (C=O) groups is 3. The summed E-state index contributed by atoms with van der Waals surface area (Å²) >= 11 is 0. The lowest BCUT2D eigenvalue weighted by Gasteiger charge is -2.19. The predicted octanol–water partition coefficient (Wildman–Crippen LogP) is 3.65. The average Bonchev–Trinajstić information content (AvgIpc) is 3.12. The summed E-state index contributed by atoms with van der Waals surface area (Å²) < 4.78 is 32.1. The van der Waals surface area contributed by atoms with Gasteiger partial charge in [-0.3, -0.25) is 9.59 Å². The highest BCUT2D eigenvalue weighted by molar-refractivity contribution is 7.89. The van der Waals surface area contributed by atoms with Gasteiger partial charge in [0.15, 0.2) is 12.4 Å². The fraction of sp³-hybridized carbons (Fsp3) is 0.320. The summed E-state index contributed by atoms with van der Waals surface area (Å²) in [6, 6.07) is 12.7. The van der Waals surface area contributed by atoms with Crippen molar-refractivity contribution < 1.29 is 27.5 Å². The number of amides is 1. The Hall–Kier alpha value is -3.30. The van der Waals surface area contributed by atoms with Crippen LogP contribution in [0.2, 0.25) is 0 Å². The first kappa shape index (κ1) is 25.3. The van der Waals surface area contributed by atoms with Gasteiger partial charge in [0.1, 0.15) is 0 Å². The third kappa shape index (κ3) is 7.10. The Morgan fingerprint density at radius 3 is 2.32 bits per heavy atom. The first-order chi connectivity index (χ1) is 16.3. The van der Waals surface area contributed by atoms with E-state index >= 15 is 0 Å². The molecule has 2 aromatic rings. The molecule has 0 saturated carbocycles. The Labute approximate surface area is 199 Å². The number of esters is 1. The normalized spacial score (nSPS) is 15.0. The zero-order valence-electron chi connectivity index (χ0n) is 19.0. The predicted molar refractivity (Wildman–Crippen MR) is 129 cm³/mol. The Morgan fingerprint density at radius 1 is 1.00 bits per heavy atom. The van der Waals surface area contributed by atoms with Crippen LogP contribution in [0.3, 0.4) is 0 Å². The van der Waals surface area contributed by atoms with Crippen molar-refractivity contribution >= 4 is 39.4 Å². The summed E-state index contributed by atoms with van der Waals surface area (Å²) in [5, 5.41) is 2.56. The van der Waals surface area contributed by atoms with Gasteiger partial charge in [0.05, 0.1) is 4.90 Å². The fourth-order valence-electron chi connectivity index (χ4n) is 3.54. The number of carbonyl (C=O) groups excluding carboxylic acids is 3. The number of rotatable bonds is 8. The molecule has 9 heteroatoms. The van der Waals surface area contributed by atoms with E-state index in [4.69, 9.17) is 4.74 Å². The van der Waals surface area contributed by atoms with E-state index in [0.717, 1.165) is 25.7 Å². The van der Waals surface area contributed by atoms with Crippen molar-refractivity contribution in [2.24, 2.45) is 0 Å². The van der Waals surface area contributed by atoms with Crippen LogP contribution in [0.5, 0.6) is 0 Å². The maximum atomic E-state index is 12.8. The van der Waals surface area contributed by atoms with Crippen LogP contribution in [0.25, 0.3) is 6.08 Å². The molecule has 1 N–H and O–H groups in total. The number of benzene rings is 2. The number of hydrogen-bond acceptors (Lipinski definition) is 6. The SMILES string of the molecule is CC(=O)c1cccc(NC(=O)COC(=O)C=Cc2ccc(S(=O)(=O)N3CCCCCC3)cc2)c1. The van der Waals surface area contributed by atoms with Gasteiger partial charge >= 0.3 is 5.97 Å². The molecule has 0 atom stereocenters. The fourth-order valence-corrected chi connectivity index (χ4v) is 5.06. The van der Waals surface area contributed by atoms with Crippen molar-refractivity contribution in [2.75, 3.05) is 25.0 Å².